The van der Waals surface area contributed by atoms with Crippen LogP contribution in [0.2, 0.25) is 0 Å². The molecule has 8 nitrogen and oxygen atoms in total. The molecule has 1 atom stereocenters. The Morgan fingerprint density at radius 1 is 1.12 bits per heavy atom. The molecule has 182 valence electrons. The van der Waals surface area contributed by atoms with Gasteiger partial charge in [-0.3, -0.25) is 0 Å². The van der Waals surface area contributed by atoms with E-state index < -0.39 is 11.7 Å². The van der Waals surface area contributed by atoms with E-state index in [2.05, 4.69) is 20.8 Å². The zero-order chi connectivity index (χ0) is 24.9. The smallest absolute Gasteiger partial charge is 0.410 e. The van der Waals surface area contributed by atoms with Crippen molar-refractivity contribution in [3.63, 3.8) is 0 Å². The maximum atomic E-state index is 12.6. The SMILES string of the molecule is Cc1ccc(-c2cc(OC(=O)NC(C)CCCC(C)(C)O)cc(-n3nnnc3C(C)C)c2)cc1. The van der Waals surface area contributed by atoms with Crippen molar-refractivity contribution in [1.82, 2.24) is 25.5 Å². The highest BCUT2D eigenvalue weighted by atomic mass is 16.6. The molecule has 0 aliphatic rings. The number of aromatic nitrogens is 4. The fraction of sp³-hybridized carbons (Fsp3) is 0.462. The highest BCUT2D eigenvalue weighted by Gasteiger charge is 2.17. The van der Waals surface area contributed by atoms with E-state index in [9.17, 15) is 9.90 Å². The Bertz CT molecular complexity index is 1100. The minimum Gasteiger partial charge on any atom is -0.410 e. The van der Waals surface area contributed by atoms with Crippen LogP contribution in [0.25, 0.3) is 16.8 Å². The van der Waals surface area contributed by atoms with Crippen molar-refractivity contribution < 1.29 is 14.6 Å². The molecule has 0 spiro atoms. The van der Waals surface area contributed by atoms with Crippen LogP contribution in [-0.2, 0) is 0 Å². The standard InChI is InChI=1S/C26H35N5O3/c1-17(2)24-28-29-30-31(24)22-14-21(20-11-9-18(3)10-12-20)15-23(16-22)34-25(32)27-19(4)8-7-13-26(5,6)33/h9-12,14-17,19,33H,7-8,13H2,1-6H3,(H,27,32). The van der Waals surface area contributed by atoms with Crippen molar-refractivity contribution in [2.75, 3.05) is 0 Å². The molecule has 0 saturated carbocycles. The maximum Gasteiger partial charge on any atom is 0.412 e. The van der Waals surface area contributed by atoms with Gasteiger partial charge in [0.15, 0.2) is 5.82 Å². The number of ether oxygens (including phenoxy) is 1. The maximum absolute atomic E-state index is 12.6. The van der Waals surface area contributed by atoms with Gasteiger partial charge in [0.1, 0.15) is 5.75 Å². The van der Waals surface area contributed by atoms with Gasteiger partial charge in [-0.2, -0.15) is 4.68 Å². The van der Waals surface area contributed by atoms with Gasteiger partial charge < -0.3 is 15.2 Å². The Labute approximate surface area is 201 Å². The van der Waals surface area contributed by atoms with E-state index in [0.717, 1.165) is 35.4 Å². The minimum atomic E-state index is -0.710. The van der Waals surface area contributed by atoms with Crippen LogP contribution in [-0.4, -0.2) is 43.0 Å². The predicted molar refractivity (Wildman–Crippen MR) is 132 cm³/mol. The van der Waals surface area contributed by atoms with Crippen LogP contribution in [0.5, 0.6) is 5.75 Å². The van der Waals surface area contributed by atoms with E-state index in [1.165, 1.54) is 0 Å². The molecule has 8 heteroatoms. The molecule has 34 heavy (non-hydrogen) atoms. The fourth-order valence-corrected chi connectivity index (χ4v) is 3.67. The number of benzene rings is 2. The number of nitrogens with zero attached hydrogens (tertiary/aromatic N) is 4. The number of hydrogen-bond acceptors (Lipinski definition) is 6. The Kier molecular flexibility index (Phi) is 8.04. The second-order valence-corrected chi connectivity index (χ2v) is 9.82. The van der Waals surface area contributed by atoms with Crippen LogP contribution in [0.3, 0.4) is 0 Å². The molecule has 1 aromatic heterocycles. The number of hydrogen-bond donors (Lipinski definition) is 2. The van der Waals surface area contributed by atoms with Crippen molar-refractivity contribution >= 4 is 6.09 Å². The number of amides is 1. The van der Waals surface area contributed by atoms with Gasteiger partial charge in [-0.05, 0) is 80.6 Å². The second-order valence-electron chi connectivity index (χ2n) is 9.82. The molecule has 0 bridgehead atoms. The summed E-state index contributed by atoms with van der Waals surface area (Å²) in [7, 11) is 0. The Morgan fingerprint density at radius 3 is 2.47 bits per heavy atom. The van der Waals surface area contributed by atoms with Crippen LogP contribution in [0.1, 0.15) is 71.2 Å². The van der Waals surface area contributed by atoms with Gasteiger partial charge in [-0.25, -0.2) is 4.79 Å². The van der Waals surface area contributed by atoms with Gasteiger partial charge in [0, 0.05) is 18.0 Å². The molecule has 1 unspecified atom stereocenters. The van der Waals surface area contributed by atoms with Crippen molar-refractivity contribution in [2.24, 2.45) is 0 Å². The molecular formula is C26H35N5O3. The lowest BCUT2D eigenvalue weighted by Crippen LogP contribution is -2.35. The van der Waals surface area contributed by atoms with E-state index in [-0.39, 0.29) is 12.0 Å². The van der Waals surface area contributed by atoms with Crippen LogP contribution in [0.15, 0.2) is 42.5 Å². The Morgan fingerprint density at radius 2 is 1.82 bits per heavy atom. The average molecular weight is 466 g/mol. The first-order valence-electron chi connectivity index (χ1n) is 11.7. The second kappa shape index (κ2) is 10.8. The monoisotopic (exact) mass is 465 g/mol. The third kappa shape index (κ3) is 7.12. The van der Waals surface area contributed by atoms with E-state index in [1.54, 1.807) is 24.6 Å². The topological polar surface area (TPSA) is 102 Å². The molecule has 0 saturated heterocycles. The summed E-state index contributed by atoms with van der Waals surface area (Å²) in [4.78, 5) is 12.6. The molecule has 0 aliphatic carbocycles. The van der Waals surface area contributed by atoms with Crippen LogP contribution < -0.4 is 10.1 Å². The van der Waals surface area contributed by atoms with Crippen molar-refractivity contribution in [2.45, 2.75) is 78.4 Å². The van der Waals surface area contributed by atoms with Crippen molar-refractivity contribution in [3.05, 3.63) is 53.9 Å². The number of aryl methyl sites for hydroxylation is 1. The molecule has 0 fully saturated rings. The van der Waals surface area contributed by atoms with Crippen LogP contribution in [0.4, 0.5) is 4.79 Å². The molecule has 0 aliphatic heterocycles. The first-order chi connectivity index (χ1) is 16.0. The summed E-state index contributed by atoms with van der Waals surface area (Å²) in [5.74, 6) is 1.24. The van der Waals surface area contributed by atoms with Gasteiger partial charge in [-0.15, -0.1) is 5.10 Å². The summed E-state index contributed by atoms with van der Waals surface area (Å²) < 4.78 is 7.35. The van der Waals surface area contributed by atoms with E-state index in [1.807, 2.05) is 64.1 Å². The number of carbonyl (C=O) groups is 1. The number of aliphatic hydroxyl groups is 1. The summed E-state index contributed by atoms with van der Waals surface area (Å²) in [6, 6.07) is 13.7. The molecule has 3 rings (SSSR count). The molecule has 3 aromatic rings. The zero-order valence-corrected chi connectivity index (χ0v) is 20.9. The molecule has 1 heterocycles. The van der Waals surface area contributed by atoms with Gasteiger partial charge in [0.2, 0.25) is 0 Å². The minimum absolute atomic E-state index is 0.0818. The Balaban J connectivity index is 1.83. The highest BCUT2D eigenvalue weighted by Crippen LogP contribution is 2.29. The highest BCUT2D eigenvalue weighted by molar-refractivity contribution is 5.74. The summed E-state index contributed by atoms with van der Waals surface area (Å²) in [6.07, 6.45) is 1.69. The summed E-state index contributed by atoms with van der Waals surface area (Å²) >= 11 is 0. The predicted octanol–water partition coefficient (Wildman–Crippen LogP) is 5.18. The largest absolute Gasteiger partial charge is 0.412 e. The van der Waals surface area contributed by atoms with Gasteiger partial charge >= 0.3 is 6.09 Å². The molecule has 0 radical (unpaired) electrons. The lowest BCUT2D eigenvalue weighted by atomic mass is 10.00. The van der Waals surface area contributed by atoms with Crippen LogP contribution in [0, 0.1) is 6.92 Å². The van der Waals surface area contributed by atoms with Gasteiger partial charge in [0.05, 0.1) is 11.3 Å². The number of nitrogens with one attached hydrogen (secondary N) is 1. The first kappa shape index (κ1) is 25.4. The van der Waals surface area contributed by atoms with E-state index in [4.69, 9.17) is 4.74 Å². The fourth-order valence-electron chi connectivity index (χ4n) is 3.67. The number of tetrazole rings is 1. The van der Waals surface area contributed by atoms with Crippen molar-refractivity contribution in [1.29, 1.82) is 0 Å². The molecule has 1 amide bonds. The zero-order valence-electron chi connectivity index (χ0n) is 20.9. The number of rotatable bonds is 9. The Hall–Kier alpha value is -3.26. The normalized spacial score (nSPS) is 12.6. The van der Waals surface area contributed by atoms with Gasteiger partial charge in [-0.1, -0.05) is 43.7 Å². The average Bonchev–Trinajstić information content (AvgIpc) is 3.23. The lowest BCUT2D eigenvalue weighted by Gasteiger charge is -2.19. The number of carbonyl (C=O) groups excluding carboxylic acids is 1. The molecule has 2 N–H and O–H groups in total. The quantitative estimate of drug-likeness (QED) is 0.451. The molecule has 2 aromatic carbocycles. The van der Waals surface area contributed by atoms with Crippen molar-refractivity contribution in [3.8, 4) is 22.6 Å². The third-order valence-electron chi connectivity index (χ3n) is 5.53. The lowest BCUT2D eigenvalue weighted by molar-refractivity contribution is 0.0676. The third-order valence-corrected chi connectivity index (χ3v) is 5.53. The van der Waals surface area contributed by atoms with E-state index >= 15 is 0 Å². The summed E-state index contributed by atoms with van der Waals surface area (Å²) in [5, 5.41) is 24.9. The first-order valence-corrected chi connectivity index (χ1v) is 11.7. The molecular weight excluding hydrogens is 430 g/mol. The summed E-state index contributed by atoms with van der Waals surface area (Å²) in [5.41, 5.74) is 3.06. The van der Waals surface area contributed by atoms with E-state index in [0.29, 0.717) is 17.9 Å². The van der Waals surface area contributed by atoms with Crippen LogP contribution >= 0.6 is 0 Å². The summed E-state index contributed by atoms with van der Waals surface area (Å²) in [6.45, 7) is 11.6. The van der Waals surface area contributed by atoms with Gasteiger partial charge in [0.25, 0.3) is 0 Å².